The van der Waals surface area contributed by atoms with Crippen LogP contribution in [0.4, 0.5) is 0 Å². The van der Waals surface area contributed by atoms with Gasteiger partial charge in [-0.05, 0) is 13.0 Å². The fourth-order valence-electron chi connectivity index (χ4n) is 0.909. The average Bonchev–Trinajstić information content (AvgIpc) is 2.08. The lowest BCUT2D eigenvalue weighted by Gasteiger charge is -2.01. The van der Waals surface area contributed by atoms with Crippen LogP contribution in [-0.4, -0.2) is 26.8 Å². The highest BCUT2D eigenvalue weighted by atomic mass is 32.2. The summed E-state index contributed by atoms with van der Waals surface area (Å²) in [7, 11) is -3.27. The Morgan fingerprint density at radius 2 is 2.22 bits per heavy atom. The third kappa shape index (κ3) is 1.64. The molecule has 0 saturated carbocycles. The van der Waals surface area contributed by atoms with Crippen molar-refractivity contribution in [3.05, 3.63) is 0 Å². The van der Waals surface area contributed by atoms with Gasteiger partial charge in [-0.15, -0.1) is 0 Å². The lowest BCUT2D eigenvalue weighted by Crippen LogP contribution is -2.30. The third-order valence-corrected chi connectivity index (χ3v) is 2.81. The van der Waals surface area contributed by atoms with Crippen molar-refractivity contribution in [2.45, 2.75) is 11.7 Å². The second kappa shape index (κ2) is 2.24. The summed E-state index contributed by atoms with van der Waals surface area (Å²) in [5.74, 6) is 0. The molecule has 0 spiro atoms. The lowest BCUT2D eigenvalue weighted by atomic mass is 10.4. The SMILES string of the molecule is NS(=O)(=O)[C@@H]1CCNC1. The van der Waals surface area contributed by atoms with E-state index >= 15 is 0 Å². The van der Waals surface area contributed by atoms with Crippen molar-refractivity contribution in [2.75, 3.05) is 13.1 Å². The Morgan fingerprint density at radius 3 is 2.44 bits per heavy atom. The fourth-order valence-corrected chi connectivity index (χ4v) is 1.71. The van der Waals surface area contributed by atoms with Crippen molar-refractivity contribution in [1.82, 2.24) is 5.32 Å². The van der Waals surface area contributed by atoms with Crippen LogP contribution in [0.5, 0.6) is 0 Å². The summed E-state index contributed by atoms with van der Waals surface area (Å²) in [4.78, 5) is 0. The van der Waals surface area contributed by atoms with Crippen LogP contribution >= 0.6 is 0 Å². The van der Waals surface area contributed by atoms with Crippen LogP contribution in [0.25, 0.3) is 0 Å². The zero-order valence-electron chi connectivity index (χ0n) is 5.00. The molecule has 1 saturated heterocycles. The molecule has 0 unspecified atom stereocenters. The van der Waals surface area contributed by atoms with Crippen molar-refractivity contribution in [1.29, 1.82) is 0 Å². The van der Waals surface area contributed by atoms with E-state index in [0.29, 0.717) is 13.0 Å². The Kier molecular flexibility index (Phi) is 1.74. The second-order valence-electron chi connectivity index (χ2n) is 2.20. The van der Waals surface area contributed by atoms with E-state index in [2.05, 4.69) is 5.32 Å². The van der Waals surface area contributed by atoms with Gasteiger partial charge in [0.1, 0.15) is 0 Å². The quantitative estimate of drug-likeness (QED) is 0.485. The molecule has 0 aromatic rings. The Morgan fingerprint density at radius 1 is 1.56 bits per heavy atom. The van der Waals surface area contributed by atoms with E-state index in [9.17, 15) is 8.42 Å². The van der Waals surface area contributed by atoms with Gasteiger partial charge in [-0.1, -0.05) is 0 Å². The normalized spacial score (nSPS) is 28.8. The van der Waals surface area contributed by atoms with Gasteiger partial charge in [-0.2, -0.15) is 0 Å². The Hall–Kier alpha value is -0.130. The summed E-state index contributed by atoms with van der Waals surface area (Å²) in [6, 6.07) is 0. The van der Waals surface area contributed by atoms with Crippen LogP contribution in [0.15, 0.2) is 0 Å². The molecule has 1 fully saturated rings. The molecule has 0 radical (unpaired) electrons. The molecular weight excluding hydrogens is 140 g/mol. The van der Waals surface area contributed by atoms with Gasteiger partial charge in [-0.3, -0.25) is 0 Å². The summed E-state index contributed by atoms with van der Waals surface area (Å²) in [5.41, 5.74) is 0. The second-order valence-corrected chi connectivity index (χ2v) is 4.05. The maximum Gasteiger partial charge on any atom is 0.213 e. The molecule has 0 aromatic heterocycles. The van der Waals surface area contributed by atoms with Crippen molar-refractivity contribution >= 4 is 10.0 Å². The largest absolute Gasteiger partial charge is 0.315 e. The maximum atomic E-state index is 10.6. The van der Waals surface area contributed by atoms with Gasteiger partial charge in [0.25, 0.3) is 0 Å². The molecule has 1 aliphatic rings. The van der Waals surface area contributed by atoms with E-state index in [4.69, 9.17) is 5.14 Å². The summed E-state index contributed by atoms with van der Waals surface area (Å²) in [5, 5.41) is 7.44. The topological polar surface area (TPSA) is 72.2 Å². The predicted molar refractivity (Wildman–Crippen MR) is 34.4 cm³/mol. The minimum Gasteiger partial charge on any atom is -0.315 e. The van der Waals surface area contributed by atoms with Gasteiger partial charge in [0.2, 0.25) is 10.0 Å². The molecule has 1 atom stereocenters. The summed E-state index contributed by atoms with van der Waals surface area (Å²) >= 11 is 0. The number of nitrogens with one attached hydrogen (secondary N) is 1. The van der Waals surface area contributed by atoms with Crippen molar-refractivity contribution < 1.29 is 8.42 Å². The van der Waals surface area contributed by atoms with Gasteiger partial charge in [0.05, 0.1) is 5.25 Å². The van der Waals surface area contributed by atoms with Gasteiger partial charge in [0.15, 0.2) is 0 Å². The van der Waals surface area contributed by atoms with Crippen LogP contribution in [0.3, 0.4) is 0 Å². The van der Waals surface area contributed by atoms with E-state index in [1.54, 1.807) is 0 Å². The molecule has 1 heterocycles. The van der Waals surface area contributed by atoms with Crippen molar-refractivity contribution in [3.8, 4) is 0 Å². The molecule has 5 heteroatoms. The maximum absolute atomic E-state index is 10.6. The number of rotatable bonds is 1. The molecule has 0 bridgehead atoms. The lowest BCUT2D eigenvalue weighted by molar-refractivity contribution is 0.584. The number of hydrogen-bond donors (Lipinski definition) is 2. The zero-order valence-corrected chi connectivity index (χ0v) is 5.82. The highest BCUT2D eigenvalue weighted by molar-refractivity contribution is 7.89. The van der Waals surface area contributed by atoms with Crippen molar-refractivity contribution in [2.24, 2.45) is 5.14 Å². The Balaban J connectivity index is 2.63. The first-order valence-electron chi connectivity index (χ1n) is 2.83. The molecule has 3 N–H and O–H groups in total. The minimum absolute atomic E-state index is 0.350. The van der Waals surface area contributed by atoms with Gasteiger partial charge in [-0.25, -0.2) is 13.6 Å². The van der Waals surface area contributed by atoms with Crippen molar-refractivity contribution in [3.63, 3.8) is 0 Å². The Bertz CT molecular complexity index is 181. The number of primary sulfonamides is 1. The standard InChI is InChI=1S/C4H10N2O2S/c5-9(7,8)4-1-2-6-3-4/h4,6H,1-3H2,(H2,5,7,8)/t4-/m1/s1. The third-order valence-electron chi connectivity index (χ3n) is 1.48. The Labute approximate surface area is 54.5 Å². The van der Waals surface area contributed by atoms with E-state index in [1.165, 1.54) is 0 Å². The highest BCUT2D eigenvalue weighted by Crippen LogP contribution is 2.04. The van der Waals surface area contributed by atoms with Gasteiger partial charge < -0.3 is 5.32 Å². The molecule has 0 amide bonds. The first kappa shape index (κ1) is 6.98. The predicted octanol–water partition coefficient (Wildman–Crippen LogP) is -1.36. The first-order chi connectivity index (χ1) is 4.11. The number of nitrogens with two attached hydrogens (primary N) is 1. The fraction of sp³-hybridized carbons (Fsp3) is 1.00. The monoisotopic (exact) mass is 150 g/mol. The number of sulfonamides is 1. The molecule has 54 valence electrons. The van der Waals surface area contributed by atoms with Crippen LogP contribution in [0.2, 0.25) is 0 Å². The molecule has 1 aliphatic heterocycles. The van der Waals surface area contributed by atoms with E-state index in [1.807, 2.05) is 0 Å². The summed E-state index contributed by atoms with van der Waals surface area (Å²) in [6.45, 7) is 1.28. The molecular formula is C4H10N2O2S. The van der Waals surface area contributed by atoms with E-state index in [0.717, 1.165) is 6.54 Å². The molecule has 0 aliphatic carbocycles. The van der Waals surface area contributed by atoms with Gasteiger partial charge in [0, 0.05) is 6.54 Å². The van der Waals surface area contributed by atoms with Gasteiger partial charge >= 0.3 is 0 Å². The molecule has 1 rings (SSSR count). The average molecular weight is 150 g/mol. The first-order valence-corrected chi connectivity index (χ1v) is 4.44. The minimum atomic E-state index is -3.27. The van der Waals surface area contributed by atoms with Crippen LogP contribution in [-0.2, 0) is 10.0 Å². The summed E-state index contributed by atoms with van der Waals surface area (Å²) in [6.07, 6.45) is 0.652. The highest BCUT2D eigenvalue weighted by Gasteiger charge is 2.24. The van der Waals surface area contributed by atoms with Crippen LogP contribution in [0, 0.1) is 0 Å². The van der Waals surface area contributed by atoms with E-state index < -0.39 is 10.0 Å². The van der Waals surface area contributed by atoms with Crippen LogP contribution in [0.1, 0.15) is 6.42 Å². The number of hydrogen-bond acceptors (Lipinski definition) is 3. The van der Waals surface area contributed by atoms with E-state index in [-0.39, 0.29) is 5.25 Å². The van der Waals surface area contributed by atoms with Crippen LogP contribution < -0.4 is 10.5 Å². The zero-order chi connectivity index (χ0) is 6.91. The summed E-state index contributed by atoms with van der Waals surface area (Å²) < 4.78 is 21.1. The smallest absolute Gasteiger partial charge is 0.213 e. The molecule has 4 nitrogen and oxygen atoms in total. The molecule has 9 heavy (non-hydrogen) atoms. The molecule has 0 aromatic carbocycles.